The average Bonchev–Trinajstić information content (AvgIpc) is 2.69. The van der Waals surface area contributed by atoms with E-state index < -0.39 is 0 Å². The fraction of sp³-hybridized carbons (Fsp3) is 0.429. The van der Waals surface area contributed by atoms with Crippen LogP contribution in [0, 0.1) is 0 Å². The molecule has 1 atom stereocenters. The number of nitrogens with one attached hydrogen (secondary N) is 2. The molecule has 0 amide bonds. The number of rotatable bonds is 9. The Morgan fingerprint density at radius 3 is 2.52 bits per heavy atom. The second-order valence-corrected chi connectivity index (χ2v) is 6.14. The lowest BCUT2D eigenvalue weighted by Gasteiger charge is -2.16. The molecule has 1 heterocycles. The van der Waals surface area contributed by atoms with Crippen LogP contribution in [0.3, 0.4) is 0 Å². The van der Waals surface area contributed by atoms with Crippen LogP contribution < -0.4 is 20.1 Å². The van der Waals surface area contributed by atoms with Crippen LogP contribution in [0.5, 0.6) is 17.4 Å². The Bertz CT molecular complexity index is 716. The number of benzene rings is 1. The topological polar surface area (TPSA) is 67.8 Å². The maximum atomic E-state index is 5.85. The van der Waals surface area contributed by atoms with Crippen LogP contribution in [0.2, 0.25) is 0 Å². The highest BCUT2D eigenvalue weighted by molar-refractivity contribution is 5.80. The molecule has 0 bridgehead atoms. The summed E-state index contributed by atoms with van der Waals surface area (Å²) in [5, 5.41) is 6.64. The van der Waals surface area contributed by atoms with E-state index in [-0.39, 0.29) is 0 Å². The van der Waals surface area contributed by atoms with Crippen LogP contribution in [0.25, 0.3) is 0 Å². The third-order valence-electron chi connectivity index (χ3n) is 3.92. The van der Waals surface area contributed by atoms with Crippen molar-refractivity contribution in [3.63, 3.8) is 0 Å². The molecule has 1 unspecified atom stereocenters. The zero-order valence-corrected chi connectivity index (χ0v) is 16.7. The number of aromatic nitrogens is 1. The Labute approximate surface area is 162 Å². The molecule has 2 aromatic rings. The Balaban J connectivity index is 2.01. The first-order valence-corrected chi connectivity index (χ1v) is 9.55. The van der Waals surface area contributed by atoms with E-state index in [1.807, 2.05) is 43.3 Å². The fourth-order valence-electron chi connectivity index (χ4n) is 2.31. The number of hydrogen-bond acceptors (Lipinski definition) is 4. The first-order valence-electron chi connectivity index (χ1n) is 9.55. The van der Waals surface area contributed by atoms with E-state index in [9.17, 15) is 0 Å². The van der Waals surface area contributed by atoms with Gasteiger partial charge in [0.15, 0.2) is 17.5 Å². The van der Waals surface area contributed by atoms with Crippen molar-refractivity contribution in [2.45, 2.75) is 46.7 Å². The quantitative estimate of drug-likeness (QED) is 0.513. The summed E-state index contributed by atoms with van der Waals surface area (Å²) in [6.45, 7) is 10.3. The summed E-state index contributed by atoms with van der Waals surface area (Å²) in [6, 6.07) is 11.8. The fourth-order valence-corrected chi connectivity index (χ4v) is 2.31. The van der Waals surface area contributed by atoms with Gasteiger partial charge in [0, 0.05) is 24.8 Å². The molecule has 146 valence electrons. The highest BCUT2D eigenvalue weighted by Gasteiger charge is 2.06. The van der Waals surface area contributed by atoms with Crippen molar-refractivity contribution in [3.05, 3.63) is 48.2 Å². The summed E-state index contributed by atoms with van der Waals surface area (Å²) in [5.41, 5.74) is 1.02. The van der Waals surface area contributed by atoms with Gasteiger partial charge < -0.3 is 20.1 Å². The molecule has 0 saturated carbocycles. The SMILES string of the molecule is CCNC(=NCc1ccc(Oc2ccccc2OCC)nc1)NC(C)CC. The van der Waals surface area contributed by atoms with Crippen molar-refractivity contribution in [3.8, 4) is 17.4 Å². The van der Waals surface area contributed by atoms with Crippen molar-refractivity contribution in [2.24, 2.45) is 4.99 Å². The molecule has 2 N–H and O–H groups in total. The van der Waals surface area contributed by atoms with E-state index >= 15 is 0 Å². The van der Waals surface area contributed by atoms with Crippen molar-refractivity contribution >= 4 is 5.96 Å². The van der Waals surface area contributed by atoms with E-state index in [0.29, 0.717) is 36.6 Å². The first-order chi connectivity index (χ1) is 13.2. The number of hydrogen-bond donors (Lipinski definition) is 2. The number of ether oxygens (including phenoxy) is 2. The molecule has 0 aliphatic heterocycles. The van der Waals surface area contributed by atoms with Gasteiger partial charge in [0.05, 0.1) is 13.2 Å². The normalized spacial score (nSPS) is 12.4. The van der Waals surface area contributed by atoms with E-state index in [1.165, 1.54) is 0 Å². The summed E-state index contributed by atoms with van der Waals surface area (Å²) in [4.78, 5) is 9.01. The molecule has 0 aliphatic rings. The third-order valence-corrected chi connectivity index (χ3v) is 3.92. The summed E-state index contributed by atoms with van der Waals surface area (Å²) < 4.78 is 11.4. The summed E-state index contributed by atoms with van der Waals surface area (Å²) in [6.07, 6.45) is 2.83. The molecule has 0 fully saturated rings. The lowest BCUT2D eigenvalue weighted by Crippen LogP contribution is -2.41. The summed E-state index contributed by atoms with van der Waals surface area (Å²) in [7, 11) is 0. The van der Waals surface area contributed by atoms with Gasteiger partial charge in [-0.3, -0.25) is 0 Å². The summed E-state index contributed by atoms with van der Waals surface area (Å²) in [5.74, 6) is 2.71. The second kappa shape index (κ2) is 11.1. The van der Waals surface area contributed by atoms with Gasteiger partial charge in [-0.25, -0.2) is 9.98 Å². The average molecular weight is 370 g/mol. The first kappa shape index (κ1) is 20.6. The maximum absolute atomic E-state index is 5.85. The number of pyridine rings is 1. The largest absolute Gasteiger partial charge is 0.490 e. The predicted octanol–water partition coefficient (Wildman–Crippen LogP) is 4.13. The lowest BCUT2D eigenvalue weighted by atomic mass is 10.2. The molecule has 6 heteroatoms. The minimum atomic E-state index is 0.377. The van der Waals surface area contributed by atoms with Gasteiger partial charge >= 0.3 is 0 Å². The molecule has 6 nitrogen and oxygen atoms in total. The van der Waals surface area contributed by atoms with Crippen LogP contribution >= 0.6 is 0 Å². The van der Waals surface area contributed by atoms with Crippen LogP contribution in [0.4, 0.5) is 0 Å². The van der Waals surface area contributed by atoms with E-state index in [0.717, 1.165) is 24.5 Å². The van der Waals surface area contributed by atoms with Crippen molar-refractivity contribution in [1.29, 1.82) is 0 Å². The molecule has 0 aliphatic carbocycles. The maximum Gasteiger partial charge on any atom is 0.219 e. The van der Waals surface area contributed by atoms with Crippen LogP contribution in [0.1, 0.15) is 39.7 Å². The Morgan fingerprint density at radius 1 is 1.11 bits per heavy atom. The molecular formula is C21H30N4O2. The molecule has 1 aromatic heterocycles. The zero-order valence-electron chi connectivity index (χ0n) is 16.7. The number of aliphatic imine (C=N–C) groups is 1. The van der Waals surface area contributed by atoms with Crippen molar-refractivity contribution in [2.75, 3.05) is 13.2 Å². The minimum Gasteiger partial charge on any atom is -0.490 e. The van der Waals surface area contributed by atoms with Gasteiger partial charge in [0.1, 0.15) is 0 Å². The Hall–Kier alpha value is -2.76. The van der Waals surface area contributed by atoms with Crippen molar-refractivity contribution in [1.82, 2.24) is 15.6 Å². The van der Waals surface area contributed by atoms with Crippen LogP contribution in [0.15, 0.2) is 47.6 Å². The molecular weight excluding hydrogens is 340 g/mol. The van der Waals surface area contributed by atoms with Gasteiger partial charge in [-0.05, 0) is 44.9 Å². The molecule has 0 spiro atoms. The van der Waals surface area contributed by atoms with Gasteiger partial charge in [0.2, 0.25) is 5.88 Å². The minimum absolute atomic E-state index is 0.377. The van der Waals surface area contributed by atoms with Gasteiger partial charge in [-0.2, -0.15) is 0 Å². The molecule has 0 saturated heterocycles. The van der Waals surface area contributed by atoms with Gasteiger partial charge in [0.25, 0.3) is 0 Å². The third kappa shape index (κ3) is 6.81. The molecule has 1 aromatic carbocycles. The number of nitrogens with zero attached hydrogens (tertiary/aromatic N) is 2. The Kier molecular flexibility index (Phi) is 8.42. The summed E-state index contributed by atoms with van der Waals surface area (Å²) >= 11 is 0. The lowest BCUT2D eigenvalue weighted by molar-refractivity contribution is 0.319. The highest BCUT2D eigenvalue weighted by atomic mass is 16.5. The number of para-hydroxylation sites is 2. The number of guanidine groups is 1. The molecule has 2 rings (SSSR count). The van der Waals surface area contributed by atoms with Crippen LogP contribution in [-0.2, 0) is 6.54 Å². The van der Waals surface area contributed by atoms with E-state index in [2.05, 4.69) is 41.4 Å². The van der Waals surface area contributed by atoms with Crippen molar-refractivity contribution < 1.29 is 9.47 Å². The van der Waals surface area contributed by atoms with E-state index in [1.54, 1.807) is 6.20 Å². The molecule has 0 radical (unpaired) electrons. The smallest absolute Gasteiger partial charge is 0.219 e. The standard InChI is InChI=1S/C21H30N4O2/c1-5-16(4)25-21(22-6-2)24-15-17-12-13-20(23-14-17)27-19-11-9-8-10-18(19)26-7-3/h8-14,16H,5-7,15H2,1-4H3,(H2,22,24,25). The van der Waals surface area contributed by atoms with E-state index in [4.69, 9.17) is 9.47 Å². The highest BCUT2D eigenvalue weighted by Crippen LogP contribution is 2.30. The zero-order chi connectivity index (χ0) is 19.5. The molecule has 27 heavy (non-hydrogen) atoms. The van der Waals surface area contributed by atoms with Gasteiger partial charge in [-0.15, -0.1) is 0 Å². The van der Waals surface area contributed by atoms with Crippen LogP contribution in [-0.4, -0.2) is 30.1 Å². The second-order valence-electron chi connectivity index (χ2n) is 6.14. The monoisotopic (exact) mass is 370 g/mol. The Morgan fingerprint density at radius 2 is 1.89 bits per heavy atom. The van der Waals surface area contributed by atoms with Gasteiger partial charge in [-0.1, -0.05) is 25.1 Å². The predicted molar refractivity (Wildman–Crippen MR) is 110 cm³/mol.